The summed E-state index contributed by atoms with van der Waals surface area (Å²) >= 11 is 0. The van der Waals surface area contributed by atoms with Gasteiger partial charge in [0.15, 0.2) is 0 Å². The maximum Gasteiger partial charge on any atom is 0.0174 e. The zero-order chi connectivity index (χ0) is 7.98. The largest absolute Gasteiger partial charge is 0.0973 e. The highest BCUT2D eigenvalue weighted by Crippen LogP contribution is 2.32. The van der Waals surface area contributed by atoms with Crippen LogP contribution in [0.1, 0.15) is 33.6 Å². The molecule has 0 saturated carbocycles. The van der Waals surface area contributed by atoms with Crippen LogP contribution in [0.25, 0.3) is 0 Å². The normalized spacial score (nSPS) is 16.8. The van der Waals surface area contributed by atoms with Crippen LogP contribution in [0, 0.1) is 5.92 Å². The van der Waals surface area contributed by atoms with E-state index in [1.54, 1.807) is 0 Å². The van der Waals surface area contributed by atoms with Gasteiger partial charge in [-0.3, -0.25) is 0 Å². The van der Waals surface area contributed by atoms with Crippen LogP contribution >= 0.6 is 21.6 Å². The van der Waals surface area contributed by atoms with E-state index in [1.807, 2.05) is 21.6 Å². The molecule has 0 saturated heterocycles. The van der Waals surface area contributed by atoms with Gasteiger partial charge < -0.3 is 0 Å². The second kappa shape index (κ2) is 6.41. The molecule has 0 aliphatic heterocycles. The summed E-state index contributed by atoms with van der Waals surface area (Å²) in [6, 6.07) is 0. The first-order valence-corrected chi connectivity index (χ1v) is 6.57. The molecule has 2 atom stereocenters. The third kappa shape index (κ3) is 3.77. The predicted octanol–water partition coefficient (Wildman–Crippen LogP) is 3.82. The third-order valence-electron chi connectivity index (χ3n) is 1.90. The van der Waals surface area contributed by atoms with Crippen LogP contribution in [0.3, 0.4) is 0 Å². The molecule has 0 spiro atoms. The second-order valence-corrected chi connectivity index (χ2v) is 5.30. The van der Waals surface area contributed by atoms with Crippen molar-refractivity contribution >= 4 is 21.6 Å². The summed E-state index contributed by atoms with van der Waals surface area (Å²) in [4.78, 5) is 0. The van der Waals surface area contributed by atoms with Crippen LogP contribution in [0.5, 0.6) is 0 Å². The van der Waals surface area contributed by atoms with Gasteiger partial charge in [0, 0.05) is 5.25 Å². The lowest BCUT2D eigenvalue weighted by molar-refractivity contribution is 0.526. The predicted molar refractivity (Wildman–Crippen MR) is 54.6 cm³/mol. The van der Waals surface area contributed by atoms with Crippen molar-refractivity contribution in [1.29, 1.82) is 0 Å². The Morgan fingerprint density at radius 1 is 1.20 bits per heavy atom. The van der Waals surface area contributed by atoms with Gasteiger partial charge in [0.1, 0.15) is 0 Å². The summed E-state index contributed by atoms with van der Waals surface area (Å²) in [5, 5.41) is 0.861. The molecule has 0 bridgehead atoms. The van der Waals surface area contributed by atoms with Crippen molar-refractivity contribution < 1.29 is 0 Å². The van der Waals surface area contributed by atoms with Crippen molar-refractivity contribution in [3.05, 3.63) is 0 Å². The Kier molecular flexibility index (Phi) is 6.86. The Hall–Kier alpha value is 0.700. The molecule has 0 aromatic heterocycles. The van der Waals surface area contributed by atoms with Crippen molar-refractivity contribution in [1.82, 2.24) is 0 Å². The fourth-order valence-electron chi connectivity index (χ4n) is 0.952. The van der Waals surface area contributed by atoms with Crippen molar-refractivity contribution in [3.8, 4) is 0 Å². The topological polar surface area (TPSA) is 0 Å². The first-order chi connectivity index (χ1) is 4.76. The van der Waals surface area contributed by atoms with E-state index in [0.29, 0.717) is 0 Å². The average molecular weight is 178 g/mol. The van der Waals surface area contributed by atoms with Gasteiger partial charge in [0.2, 0.25) is 0 Å². The minimum atomic E-state index is 0.861. The van der Waals surface area contributed by atoms with E-state index in [2.05, 4.69) is 27.0 Å². The fraction of sp³-hybridized carbons (Fsp3) is 1.00. The molecule has 0 aromatic rings. The second-order valence-electron chi connectivity index (χ2n) is 2.60. The van der Waals surface area contributed by atoms with Crippen molar-refractivity contribution in [2.24, 2.45) is 5.92 Å². The molecule has 0 aliphatic carbocycles. The third-order valence-corrected chi connectivity index (χ3v) is 4.46. The van der Waals surface area contributed by atoms with Crippen molar-refractivity contribution in [3.63, 3.8) is 0 Å². The summed E-state index contributed by atoms with van der Waals surface area (Å²) in [6.45, 7) is 6.89. The van der Waals surface area contributed by atoms with Crippen LogP contribution in [-0.4, -0.2) is 11.5 Å². The van der Waals surface area contributed by atoms with Gasteiger partial charge >= 0.3 is 0 Å². The van der Waals surface area contributed by atoms with E-state index >= 15 is 0 Å². The Balaban J connectivity index is 3.56. The first-order valence-electron chi connectivity index (χ1n) is 3.95. The zero-order valence-electron chi connectivity index (χ0n) is 7.39. The van der Waals surface area contributed by atoms with Gasteiger partial charge in [-0.05, 0) is 18.6 Å². The van der Waals surface area contributed by atoms with E-state index < -0.39 is 0 Å². The molecule has 0 aromatic carbocycles. The lowest BCUT2D eigenvalue weighted by atomic mass is 10.0. The van der Waals surface area contributed by atoms with Crippen molar-refractivity contribution in [2.75, 3.05) is 6.26 Å². The lowest BCUT2D eigenvalue weighted by Crippen LogP contribution is -2.10. The first kappa shape index (κ1) is 10.7. The number of hydrogen-bond acceptors (Lipinski definition) is 2. The Bertz CT molecular complexity index is 73.7. The smallest absolute Gasteiger partial charge is 0.0174 e. The molecule has 0 heterocycles. The summed E-state index contributed by atoms with van der Waals surface area (Å²) in [5.74, 6) is 0.877. The monoisotopic (exact) mass is 178 g/mol. The highest BCUT2D eigenvalue weighted by atomic mass is 33.1. The number of hydrogen-bond donors (Lipinski definition) is 0. The Labute approximate surface area is 72.9 Å². The van der Waals surface area contributed by atoms with Crippen LogP contribution in [0.4, 0.5) is 0 Å². The van der Waals surface area contributed by atoms with E-state index in [9.17, 15) is 0 Å². The number of rotatable bonds is 5. The minimum absolute atomic E-state index is 0.861. The minimum Gasteiger partial charge on any atom is -0.0973 e. The Morgan fingerprint density at radius 2 is 1.80 bits per heavy atom. The summed E-state index contributed by atoms with van der Waals surface area (Å²) in [6.07, 6.45) is 4.78. The van der Waals surface area contributed by atoms with Gasteiger partial charge in [0.05, 0.1) is 0 Å². The molecule has 0 rings (SSSR count). The highest BCUT2D eigenvalue weighted by molar-refractivity contribution is 8.76. The van der Waals surface area contributed by atoms with Gasteiger partial charge in [-0.25, -0.2) is 0 Å². The van der Waals surface area contributed by atoms with E-state index in [4.69, 9.17) is 0 Å². The van der Waals surface area contributed by atoms with Gasteiger partial charge in [-0.1, -0.05) is 48.8 Å². The summed E-state index contributed by atoms with van der Waals surface area (Å²) in [5.41, 5.74) is 0. The van der Waals surface area contributed by atoms with Crippen molar-refractivity contribution in [2.45, 2.75) is 38.9 Å². The summed E-state index contributed by atoms with van der Waals surface area (Å²) in [7, 11) is 3.92. The van der Waals surface area contributed by atoms with E-state index in [1.165, 1.54) is 12.8 Å². The molecule has 0 radical (unpaired) electrons. The summed E-state index contributed by atoms with van der Waals surface area (Å²) < 4.78 is 0. The molecular formula is C8H18S2. The zero-order valence-corrected chi connectivity index (χ0v) is 9.02. The Morgan fingerprint density at radius 3 is 2.10 bits per heavy atom. The quantitative estimate of drug-likeness (QED) is 0.587. The molecule has 0 N–H and O–H groups in total. The molecule has 2 heteroatoms. The molecule has 0 fully saturated rings. The van der Waals surface area contributed by atoms with Crippen LogP contribution in [-0.2, 0) is 0 Å². The van der Waals surface area contributed by atoms with Crippen LogP contribution in [0.15, 0.2) is 0 Å². The molecule has 62 valence electrons. The molecule has 2 unspecified atom stereocenters. The molecule has 10 heavy (non-hydrogen) atoms. The molecular weight excluding hydrogens is 160 g/mol. The van der Waals surface area contributed by atoms with Gasteiger partial charge in [-0.2, -0.15) is 0 Å². The van der Waals surface area contributed by atoms with E-state index in [-0.39, 0.29) is 0 Å². The lowest BCUT2D eigenvalue weighted by Gasteiger charge is -2.18. The van der Waals surface area contributed by atoms with E-state index in [0.717, 1.165) is 11.2 Å². The van der Waals surface area contributed by atoms with Crippen LogP contribution in [0.2, 0.25) is 0 Å². The average Bonchev–Trinajstić information content (AvgIpc) is 1.99. The standard InChI is InChI=1S/C8H18S2/c1-5-7(3)8(6-2)10-9-4/h7-8H,5-6H2,1-4H3. The fourth-order valence-corrected chi connectivity index (χ4v) is 3.44. The SMILES string of the molecule is CCC(C)C(CC)SSC. The molecule has 0 nitrogen and oxygen atoms in total. The molecule has 0 aliphatic rings. The highest BCUT2D eigenvalue weighted by Gasteiger charge is 2.12. The van der Waals surface area contributed by atoms with Gasteiger partial charge in [0.25, 0.3) is 0 Å². The maximum atomic E-state index is 2.34. The maximum absolute atomic E-state index is 2.34. The van der Waals surface area contributed by atoms with Crippen LogP contribution < -0.4 is 0 Å². The van der Waals surface area contributed by atoms with Gasteiger partial charge in [-0.15, -0.1) is 0 Å². The molecule has 0 amide bonds.